The number of aromatic amines is 1. The molecule has 112 valence electrons. The number of hydrogen-bond donors (Lipinski definition) is 1. The Bertz CT molecular complexity index is 1060. The summed E-state index contributed by atoms with van der Waals surface area (Å²) in [6.45, 7) is 4.28. The van der Waals surface area contributed by atoms with Gasteiger partial charge in [-0.3, -0.25) is 0 Å². The van der Waals surface area contributed by atoms with Crippen molar-refractivity contribution in [1.82, 2.24) is 24.5 Å². The molecule has 0 atom stereocenters. The standard InChI is InChI=1S/C18H15N5/c1-12(2)23-11-22-16-5-3-4-13(17(16)23)6-7-15-14-8-9-19-18(14)21-10-20-15/h3-5,8-12H,1-2H3,(H,19,20,21). The smallest absolute Gasteiger partial charge is 0.141 e. The molecule has 0 aliphatic heterocycles. The molecule has 0 spiro atoms. The van der Waals surface area contributed by atoms with Crippen LogP contribution in [-0.4, -0.2) is 24.5 Å². The number of rotatable bonds is 1. The van der Waals surface area contributed by atoms with E-state index in [1.165, 1.54) is 6.33 Å². The van der Waals surface area contributed by atoms with E-state index in [4.69, 9.17) is 0 Å². The number of H-pyrrole nitrogens is 1. The zero-order valence-electron chi connectivity index (χ0n) is 12.9. The Kier molecular flexibility index (Phi) is 3.09. The molecular weight excluding hydrogens is 286 g/mol. The average molecular weight is 301 g/mol. The van der Waals surface area contributed by atoms with Crippen LogP contribution >= 0.6 is 0 Å². The van der Waals surface area contributed by atoms with E-state index in [1.54, 1.807) is 0 Å². The van der Waals surface area contributed by atoms with Gasteiger partial charge in [-0.2, -0.15) is 0 Å². The number of benzene rings is 1. The monoisotopic (exact) mass is 301 g/mol. The predicted octanol–water partition coefficient (Wildman–Crippen LogP) is 3.29. The number of nitrogens with one attached hydrogen (secondary N) is 1. The van der Waals surface area contributed by atoms with Crippen LogP contribution in [0, 0.1) is 11.8 Å². The molecule has 0 bridgehead atoms. The summed E-state index contributed by atoms with van der Waals surface area (Å²) in [7, 11) is 0. The van der Waals surface area contributed by atoms with Crippen LogP contribution in [0.15, 0.2) is 43.1 Å². The van der Waals surface area contributed by atoms with Gasteiger partial charge in [-0.1, -0.05) is 12.0 Å². The second kappa shape index (κ2) is 5.25. The molecule has 3 aromatic heterocycles. The highest BCUT2D eigenvalue weighted by Gasteiger charge is 2.09. The summed E-state index contributed by atoms with van der Waals surface area (Å²) in [6.07, 6.45) is 5.25. The van der Waals surface area contributed by atoms with E-state index in [0.717, 1.165) is 33.3 Å². The lowest BCUT2D eigenvalue weighted by molar-refractivity contribution is 0.617. The van der Waals surface area contributed by atoms with E-state index < -0.39 is 0 Å². The number of aromatic nitrogens is 5. The van der Waals surface area contributed by atoms with Gasteiger partial charge in [-0.25, -0.2) is 15.0 Å². The molecule has 3 heterocycles. The molecule has 4 rings (SSSR count). The van der Waals surface area contributed by atoms with Crippen LogP contribution in [0.5, 0.6) is 0 Å². The number of nitrogens with zero attached hydrogens (tertiary/aromatic N) is 4. The van der Waals surface area contributed by atoms with Crippen LogP contribution in [0.1, 0.15) is 31.1 Å². The molecule has 0 saturated heterocycles. The molecule has 23 heavy (non-hydrogen) atoms. The van der Waals surface area contributed by atoms with Crippen molar-refractivity contribution in [3.05, 3.63) is 54.4 Å². The maximum atomic E-state index is 4.46. The van der Waals surface area contributed by atoms with Gasteiger partial charge < -0.3 is 9.55 Å². The average Bonchev–Trinajstić information content (AvgIpc) is 3.19. The lowest BCUT2D eigenvalue weighted by atomic mass is 10.1. The fraction of sp³-hybridized carbons (Fsp3) is 0.167. The third-order valence-electron chi connectivity index (χ3n) is 3.82. The highest BCUT2D eigenvalue weighted by atomic mass is 15.1. The van der Waals surface area contributed by atoms with E-state index in [1.807, 2.05) is 36.8 Å². The topological polar surface area (TPSA) is 59.4 Å². The van der Waals surface area contributed by atoms with E-state index in [2.05, 4.69) is 50.2 Å². The van der Waals surface area contributed by atoms with Gasteiger partial charge >= 0.3 is 0 Å². The van der Waals surface area contributed by atoms with Gasteiger partial charge in [-0.05, 0) is 38.0 Å². The third kappa shape index (κ3) is 2.25. The Morgan fingerprint density at radius 2 is 2.00 bits per heavy atom. The van der Waals surface area contributed by atoms with Crippen LogP contribution in [-0.2, 0) is 0 Å². The first-order chi connectivity index (χ1) is 11.2. The lowest BCUT2D eigenvalue weighted by Gasteiger charge is -2.08. The summed E-state index contributed by atoms with van der Waals surface area (Å²) in [5, 5.41) is 0.935. The largest absolute Gasteiger partial charge is 0.346 e. The molecule has 0 unspecified atom stereocenters. The van der Waals surface area contributed by atoms with Gasteiger partial charge in [0.15, 0.2) is 0 Å². The minimum atomic E-state index is 0.332. The highest BCUT2D eigenvalue weighted by molar-refractivity contribution is 5.84. The minimum absolute atomic E-state index is 0.332. The maximum Gasteiger partial charge on any atom is 0.141 e. The molecule has 1 aromatic carbocycles. The Morgan fingerprint density at radius 3 is 2.87 bits per heavy atom. The quantitative estimate of drug-likeness (QED) is 0.549. The Balaban J connectivity index is 1.89. The molecule has 0 aliphatic carbocycles. The van der Waals surface area contributed by atoms with Crippen LogP contribution in [0.3, 0.4) is 0 Å². The van der Waals surface area contributed by atoms with Crippen LogP contribution < -0.4 is 0 Å². The SMILES string of the molecule is CC(C)n1cnc2cccc(C#Cc3ncnc4[nH]ccc34)c21. The second-order valence-electron chi connectivity index (χ2n) is 5.63. The van der Waals surface area contributed by atoms with E-state index >= 15 is 0 Å². The maximum absolute atomic E-state index is 4.46. The van der Waals surface area contributed by atoms with Gasteiger partial charge in [0.25, 0.3) is 0 Å². The van der Waals surface area contributed by atoms with Gasteiger partial charge in [0.2, 0.25) is 0 Å². The Morgan fingerprint density at radius 1 is 1.09 bits per heavy atom. The lowest BCUT2D eigenvalue weighted by Crippen LogP contribution is -1.99. The normalized spacial score (nSPS) is 11.1. The molecule has 1 N–H and O–H groups in total. The van der Waals surface area contributed by atoms with E-state index in [0.29, 0.717) is 6.04 Å². The van der Waals surface area contributed by atoms with Gasteiger partial charge in [0.1, 0.15) is 17.7 Å². The van der Waals surface area contributed by atoms with Gasteiger partial charge in [0, 0.05) is 12.2 Å². The summed E-state index contributed by atoms with van der Waals surface area (Å²) in [5.41, 5.74) is 4.50. The first-order valence-corrected chi connectivity index (χ1v) is 7.49. The summed E-state index contributed by atoms with van der Waals surface area (Å²) >= 11 is 0. The van der Waals surface area contributed by atoms with Crippen molar-refractivity contribution < 1.29 is 0 Å². The zero-order chi connectivity index (χ0) is 15.8. The molecule has 0 fully saturated rings. The minimum Gasteiger partial charge on any atom is -0.346 e. The number of fused-ring (bicyclic) bond motifs is 2. The third-order valence-corrected chi connectivity index (χ3v) is 3.82. The number of para-hydroxylation sites is 1. The van der Waals surface area contributed by atoms with Crippen LogP contribution in [0.2, 0.25) is 0 Å². The van der Waals surface area contributed by atoms with Crippen molar-refractivity contribution in [2.75, 3.05) is 0 Å². The number of imidazole rings is 1. The molecule has 0 saturated carbocycles. The van der Waals surface area contributed by atoms with Gasteiger partial charge in [-0.15, -0.1) is 0 Å². The fourth-order valence-electron chi connectivity index (χ4n) is 2.68. The molecule has 0 aliphatic rings. The number of hydrogen-bond acceptors (Lipinski definition) is 3. The van der Waals surface area contributed by atoms with Gasteiger partial charge in [0.05, 0.1) is 28.3 Å². The zero-order valence-corrected chi connectivity index (χ0v) is 12.9. The summed E-state index contributed by atoms with van der Waals surface area (Å²) < 4.78 is 2.14. The fourth-order valence-corrected chi connectivity index (χ4v) is 2.68. The molecule has 0 amide bonds. The molecular formula is C18H15N5. The van der Waals surface area contributed by atoms with E-state index in [-0.39, 0.29) is 0 Å². The van der Waals surface area contributed by atoms with Crippen LogP contribution in [0.25, 0.3) is 22.1 Å². The Labute approximate surface area is 133 Å². The molecule has 4 aromatic rings. The van der Waals surface area contributed by atoms with Crippen molar-refractivity contribution in [1.29, 1.82) is 0 Å². The predicted molar refractivity (Wildman–Crippen MR) is 90.0 cm³/mol. The van der Waals surface area contributed by atoms with E-state index in [9.17, 15) is 0 Å². The second-order valence-corrected chi connectivity index (χ2v) is 5.63. The first kappa shape index (κ1) is 13.5. The van der Waals surface area contributed by atoms with Crippen LogP contribution in [0.4, 0.5) is 0 Å². The summed E-state index contributed by atoms with van der Waals surface area (Å²) in [4.78, 5) is 16.0. The van der Waals surface area contributed by atoms with Crippen molar-refractivity contribution in [2.24, 2.45) is 0 Å². The van der Waals surface area contributed by atoms with Crippen molar-refractivity contribution in [3.8, 4) is 11.8 Å². The van der Waals surface area contributed by atoms with Crippen molar-refractivity contribution >= 4 is 22.1 Å². The van der Waals surface area contributed by atoms with Crippen molar-refractivity contribution in [3.63, 3.8) is 0 Å². The Hall–Kier alpha value is -3.13. The summed E-state index contributed by atoms with van der Waals surface area (Å²) in [5.74, 6) is 6.43. The first-order valence-electron chi connectivity index (χ1n) is 7.49. The summed E-state index contributed by atoms with van der Waals surface area (Å²) in [6, 6.07) is 8.28. The highest BCUT2D eigenvalue weighted by Crippen LogP contribution is 2.21. The van der Waals surface area contributed by atoms with Crippen molar-refractivity contribution in [2.45, 2.75) is 19.9 Å². The molecule has 5 nitrogen and oxygen atoms in total. The molecule has 5 heteroatoms. The molecule has 0 radical (unpaired) electrons.